The number of hydrogen-bond acceptors (Lipinski definition) is 4. The van der Waals surface area contributed by atoms with Crippen molar-refractivity contribution in [3.05, 3.63) is 47.5 Å². The molecule has 0 aliphatic carbocycles. The zero-order chi connectivity index (χ0) is 13.1. The van der Waals surface area contributed by atoms with Gasteiger partial charge in [0.25, 0.3) is 0 Å². The normalized spacial score (nSPS) is 11.0. The van der Waals surface area contributed by atoms with Crippen LogP contribution < -0.4 is 0 Å². The van der Waals surface area contributed by atoms with Crippen LogP contribution in [0.25, 0.3) is 0 Å². The van der Waals surface area contributed by atoms with Gasteiger partial charge in [-0.1, -0.05) is 23.8 Å². The van der Waals surface area contributed by atoms with Crippen LogP contribution in [0.3, 0.4) is 0 Å². The zero-order valence-corrected chi connectivity index (χ0v) is 10.3. The number of benzene rings is 2. The Labute approximate surface area is 105 Å². The van der Waals surface area contributed by atoms with Crippen molar-refractivity contribution in [2.75, 3.05) is 0 Å². The summed E-state index contributed by atoms with van der Waals surface area (Å²) in [5.74, 6) is -0.402. The van der Waals surface area contributed by atoms with Crippen molar-refractivity contribution in [3.8, 4) is 11.5 Å². The van der Waals surface area contributed by atoms with Gasteiger partial charge in [-0.05, 0) is 37.6 Å². The highest BCUT2D eigenvalue weighted by Gasteiger charge is 2.08. The number of aryl methyl sites for hydroxylation is 2. The minimum absolute atomic E-state index is 0.157. The fourth-order valence-electron chi connectivity index (χ4n) is 1.47. The second-order valence-electron chi connectivity index (χ2n) is 4.13. The molecule has 0 amide bonds. The lowest BCUT2D eigenvalue weighted by atomic mass is 10.2. The van der Waals surface area contributed by atoms with E-state index in [-0.39, 0.29) is 17.2 Å². The molecule has 18 heavy (non-hydrogen) atoms. The molecule has 92 valence electrons. The van der Waals surface area contributed by atoms with Crippen molar-refractivity contribution in [1.29, 1.82) is 0 Å². The first-order valence-electron chi connectivity index (χ1n) is 5.58. The summed E-state index contributed by atoms with van der Waals surface area (Å²) >= 11 is 0. The maximum Gasteiger partial charge on any atom is 0.185 e. The molecule has 2 N–H and O–H groups in total. The Morgan fingerprint density at radius 2 is 1.44 bits per heavy atom. The fraction of sp³-hybridized carbons (Fsp3) is 0.143. The van der Waals surface area contributed by atoms with E-state index in [1.165, 1.54) is 0 Å². The summed E-state index contributed by atoms with van der Waals surface area (Å²) in [6, 6.07) is 10.8. The highest BCUT2D eigenvalue weighted by atomic mass is 16.3. The van der Waals surface area contributed by atoms with Crippen LogP contribution in [0.4, 0.5) is 11.4 Å². The van der Waals surface area contributed by atoms with Crippen LogP contribution in [-0.4, -0.2) is 10.2 Å². The molecular weight excluding hydrogens is 228 g/mol. The van der Waals surface area contributed by atoms with Crippen molar-refractivity contribution in [2.24, 2.45) is 10.2 Å². The fourth-order valence-corrected chi connectivity index (χ4v) is 1.47. The molecular formula is C14H14N2O2. The van der Waals surface area contributed by atoms with E-state index in [2.05, 4.69) is 10.2 Å². The maximum atomic E-state index is 9.70. The molecule has 0 aromatic heterocycles. The predicted octanol–water partition coefficient (Wildman–Crippen LogP) is 4.13. The molecule has 4 heteroatoms. The van der Waals surface area contributed by atoms with Gasteiger partial charge in [0.15, 0.2) is 11.5 Å². The standard InChI is InChI=1S/C14H14N2O2/c1-9-3-6-11(7-4-9)15-16-12-8-5-10(2)13(17)14(12)18/h3-8,17-18H,1-2H3. The lowest BCUT2D eigenvalue weighted by Crippen LogP contribution is -1.76. The Morgan fingerprint density at radius 3 is 2.11 bits per heavy atom. The molecule has 2 aromatic carbocycles. The molecule has 0 spiro atoms. The minimum atomic E-state index is -0.245. The van der Waals surface area contributed by atoms with E-state index < -0.39 is 0 Å². The third kappa shape index (κ3) is 2.48. The van der Waals surface area contributed by atoms with Crippen LogP contribution in [0.1, 0.15) is 11.1 Å². The number of nitrogens with zero attached hydrogens (tertiary/aromatic N) is 2. The van der Waals surface area contributed by atoms with Crippen molar-refractivity contribution >= 4 is 11.4 Å². The average Bonchev–Trinajstić information content (AvgIpc) is 2.37. The molecule has 0 heterocycles. The third-order valence-electron chi connectivity index (χ3n) is 2.64. The summed E-state index contributed by atoms with van der Waals surface area (Å²) in [5.41, 5.74) is 2.69. The zero-order valence-electron chi connectivity index (χ0n) is 10.3. The number of azo groups is 1. The molecule has 2 aromatic rings. The molecule has 0 unspecified atom stereocenters. The topological polar surface area (TPSA) is 65.2 Å². The Hall–Kier alpha value is -2.36. The number of hydrogen-bond donors (Lipinski definition) is 2. The molecule has 0 saturated heterocycles. The Kier molecular flexibility index (Phi) is 3.28. The molecule has 4 nitrogen and oxygen atoms in total. The van der Waals surface area contributed by atoms with E-state index in [4.69, 9.17) is 0 Å². The predicted molar refractivity (Wildman–Crippen MR) is 69.9 cm³/mol. The van der Waals surface area contributed by atoms with E-state index in [0.29, 0.717) is 11.3 Å². The van der Waals surface area contributed by atoms with Gasteiger partial charge in [0, 0.05) is 0 Å². The number of aromatic hydroxyl groups is 2. The van der Waals surface area contributed by atoms with Gasteiger partial charge < -0.3 is 10.2 Å². The van der Waals surface area contributed by atoms with Crippen molar-refractivity contribution in [3.63, 3.8) is 0 Å². The van der Waals surface area contributed by atoms with Crippen molar-refractivity contribution < 1.29 is 10.2 Å². The highest BCUT2D eigenvalue weighted by Crippen LogP contribution is 2.38. The second kappa shape index (κ2) is 4.87. The lowest BCUT2D eigenvalue weighted by Gasteiger charge is -2.03. The van der Waals surface area contributed by atoms with Gasteiger partial charge in [0.1, 0.15) is 5.69 Å². The first-order valence-corrected chi connectivity index (χ1v) is 5.58. The van der Waals surface area contributed by atoms with Crippen LogP contribution in [-0.2, 0) is 0 Å². The summed E-state index contributed by atoms with van der Waals surface area (Å²) in [4.78, 5) is 0. The molecule has 2 rings (SSSR count). The third-order valence-corrected chi connectivity index (χ3v) is 2.64. The first-order chi connectivity index (χ1) is 8.58. The van der Waals surface area contributed by atoms with Gasteiger partial charge >= 0.3 is 0 Å². The van der Waals surface area contributed by atoms with Gasteiger partial charge in [0.2, 0.25) is 0 Å². The van der Waals surface area contributed by atoms with Crippen molar-refractivity contribution in [2.45, 2.75) is 13.8 Å². The quantitative estimate of drug-likeness (QED) is 0.614. The van der Waals surface area contributed by atoms with E-state index in [1.807, 2.05) is 31.2 Å². The Bertz CT molecular complexity index is 589. The van der Waals surface area contributed by atoms with Crippen molar-refractivity contribution in [1.82, 2.24) is 0 Å². The van der Waals surface area contributed by atoms with Crippen LogP contribution >= 0.6 is 0 Å². The molecule has 0 bridgehead atoms. The van der Waals surface area contributed by atoms with Gasteiger partial charge in [-0.15, -0.1) is 5.11 Å². The summed E-state index contributed by atoms with van der Waals surface area (Å²) in [6.07, 6.45) is 0. The molecule has 0 radical (unpaired) electrons. The van der Waals surface area contributed by atoms with Gasteiger partial charge in [-0.25, -0.2) is 0 Å². The van der Waals surface area contributed by atoms with Crippen LogP contribution in [0, 0.1) is 13.8 Å². The van der Waals surface area contributed by atoms with E-state index in [1.54, 1.807) is 19.1 Å². The SMILES string of the molecule is Cc1ccc(N=Nc2ccc(C)c(O)c2O)cc1. The monoisotopic (exact) mass is 242 g/mol. The van der Waals surface area contributed by atoms with E-state index in [9.17, 15) is 10.2 Å². The number of phenolic OH excluding ortho intramolecular Hbond substituents is 2. The van der Waals surface area contributed by atoms with E-state index in [0.717, 1.165) is 5.56 Å². The smallest absolute Gasteiger partial charge is 0.185 e. The van der Waals surface area contributed by atoms with Gasteiger partial charge in [-0.3, -0.25) is 0 Å². The highest BCUT2D eigenvalue weighted by molar-refractivity contribution is 5.60. The van der Waals surface area contributed by atoms with Crippen LogP contribution in [0.15, 0.2) is 46.6 Å². The number of rotatable bonds is 2. The van der Waals surface area contributed by atoms with Crippen LogP contribution in [0.5, 0.6) is 11.5 Å². The van der Waals surface area contributed by atoms with Crippen LogP contribution in [0.2, 0.25) is 0 Å². The Morgan fingerprint density at radius 1 is 0.778 bits per heavy atom. The van der Waals surface area contributed by atoms with Gasteiger partial charge in [-0.2, -0.15) is 5.11 Å². The summed E-state index contributed by atoms with van der Waals surface area (Å²) in [7, 11) is 0. The lowest BCUT2D eigenvalue weighted by molar-refractivity contribution is 0.402. The molecule has 0 saturated carbocycles. The molecule has 0 fully saturated rings. The molecule has 0 aliphatic heterocycles. The second-order valence-corrected chi connectivity index (χ2v) is 4.13. The molecule has 0 atom stereocenters. The number of phenols is 2. The summed E-state index contributed by atoms with van der Waals surface area (Å²) < 4.78 is 0. The first kappa shape index (κ1) is 12.1. The molecule has 0 aliphatic rings. The van der Waals surface area contributed by atoms with Gasteiger partial charge in [0.05, 0.1) is 5.69 Å². The summed E-state index contributed by atoms with van der Waals surface area (Å²) in [5, 5.41) is 27.2. The Balaban J connectivity index is 2.29. The summed E-state index contributed by atoms with van der Waals surface area (Å²) in [6.45, 7) is 3.70. The average molecular weight is 242 g/mol. The minimum Gasteiger partial charge on any atom is -0.504 e. The van der Waals surface area contributed by atoms with E-state index >= 15 is 0 Å². The maximum absolute atomic E-state index is 9.70. The largest absolute Gasteiger partial charge is 0.504 e.